The first-order valence-corrected chi connectivity index (χ1v) is 14.5. The number of hydrogen-bond acceptors (Lipinski definition) is 5. The minimum atomic E-state index is -0.409. The molecule has 4 aromatic carbocycles. The van der Waals surface area contributed by atoms with Crippen LogP contribution >= 0.6 is 0 Å². The largest absolute Gasteiger partial charge is 0.496 e. The lowest BCUT2D eigenvalue weighted by molar-refractivity contribution is -0.118. The molecule has 1 amide bonds. The second-order valence-corrected chi connectivity index (χ2v) is 9.91. The van der Waals surface area contributed by atoms with Crippen LogP contribution in [0.2, 0.25) is 0 Å². The summed E-state index contributed by atoms with van der Waals surface area (Å²) in [5.74, 6) is 0.983. The van der Waals surface area contributed by atoms with Gasteiger partial charge in [-0.15, -0.1) is 0 Å². The monoisotopic (exact) mass is 574 g/mol. The third kappa shape index (κ3) is 7.46. The summed E-state index contributed by atoms with van der Waals surface area (Å²) < 4.78 is 10.3. The quantitative estimate of drug-likeness (QED) is 0.166. The summed E-state index contributed by atoms with van der Waals surface area (Å²) >= 11 is 0. The first-order chi connectivity index (χ1) is 21.0. The van der Waals surface area contributed by atoms with Crippen molar-refractivity contribution < 1.29 is 19.1 Å². The number of aryl methyl sites for hydroxylation is 2. The van der Waals surface area contributed by atoms with Crippen LogP contribution in [0, 0.1) is 6.92 Å². The molecule has 0 radical (unpaired) electrons. The third-order valence-electron chi connectivity index (χ3n) is 7.21. The molecular weight excluding hydrogens is 536 g/mol. The van der Waals surface area contributed by atoms with Crippen LogP contribution in [0.1, 0.15) is 47.3 Å². The normalized spacial score (nSPS) is 10.4. The molecule has 0 bridgehead atoms. The van der Waals surface area contributed by atoms with E-state index in [-0.39, 0.29) is 5.91 Å². The van der Waals surface area contributed by atoms with Gasteiger partial charge in [0.25, 0.3) is 0 Å². The maximum absolute atomic E-state index is 13.8. The van der Waals surface area contributed by atoms with E-state index in [1.807, 2.05) is 87.5 Å². The van der Waals surface area contributed by atoms with Crippen LogP contribution in [0.5, 0.6) is 5.75 Å². The molecule has 0 aliphatic rings. The average molecular weight is 575 g/mol. The van der Waals surface area contributed by atoms with Crippen molar-refractivity contribution in [1.82, 2.24) is 4.98 Å². The van der Waals surface area contributed by atoms with Crippen molar-refractivity contribution >= 4 is 28.5 Å². The molecule has 6 heteroatoms. The van der Waals surface area contributed by atoms with Crippen LogP contribution in [-0.2, 0) is 22.5 Å². The van der Waals surface area contributed by atoms with Gasteiger partial charge in [-0.3, -0.25) is 9.69 Å². The van der Waals surface area contributed by atoms with E-state index in [0.717, 1.165) is 44.3 Å². The molecule has 5 rings (SSSR count). The molecule has 1 heterocycles. The zero-order valence-electron chi connectivity index (χ0n) is 25.5. The third-order valence-corrected chi connectivity index (χ3v) is 7.21. The van der Waals surface area contributed by atoms with Crippen molar-refractivity contribution in [2.45, 2.75) is 40.2 Å². The summed E-state index contributed by atoms with van der Waals surface area (Å²) in [5, 5.41) is 1.60. The molecule has 6 nitrogen and oxygen atoms in total. The summed E-state index contributed by atoms with van der Waals surface area (Å²) in [6, 6.07) is 31.5. The highest BCUT2D eigenvalue weighted by Gasteiger charge is 2.21. The molecule has 0 unspecified atom stereocenters. The fourth-order valence-electron chi connectivity index (χ4n) is 4.98. The predicted octanol–water partition coefficient (Wildman–Crippen LogP) is 8.20. The number of carbonyl (C=O) groups excluding carboxylic acids is 2. The summed E-state index contributed by atoms with van der Waals surface area (Å²) in [6.07, 6.45) is 2.64. The molecule has 0 saturated heterocycles. The number of nitrogens with zero attached hydrogens (tertiary/aromatic N) is 2. The van der Waals surface area contributed by atoms with Gasteiger partial charge in [-0.1, -0.05) is 74.5 Å². The zero-order valence-corrected chi connectivity index (χ0v) is 25.5. The highest BCUT2D eigenvalue weighted by Crippen LogP contribution is 2.30. The molecule has 0 N–H and O–H groups in total. The van der Waals surface area contributed by atoms with Gasteiger partial charge in [0, 0.05) is 18.0 Å². The molecule has 0 saturated carbocycles. The Balaban J connectivity index is 0.00000207. The van der Waals surface area contributed by atoms with Crippen molar-refractivity contribution in [2.75, 3.05) is 19.1 Å². The van der Waals surface area contributed by atoms with Crippen molar-refractivity contribution in [2.24, 2.45) is 0 Å². The molecule has 0 aliphatic heterocycles. The second kappa shape index (κ2) is 14.8. The van der Waals surface area contributed by atoms with Gasteiger partial charge < -0.3 is 9.47 Å². The Morgan fingerprint density at radius 1 is 0.791 bits per heavy atom. The van der Waals surface area contributed by atoms with E-state index in [4.69, 9.17) is 9.47 Å². The van der Waals surface area contributed by atoms with Crippen LogP contribution in [0.15, 0.2) is 103 Å². The number of methoxy groups -OCH3 is 2. The highest BCUT2D eigenvalue weighted by atomic mass is 16.5. The van der Waals surface area contributed by atoms with Crippen molar-refractivity contribution in [3.8, 4) is 16.9 Å². The van der Waals surface area contributed by atoms with Gasteiger partial charge in [-0.25, -0.2) is 9.78 Å². The van der Waals surface area contributed by atoms with Gasteiger partial charge in [0.05, 0.1) is 26.3 Å². The van der Waals surface area contributed by atoms with Crippen molar-refractivity contribution in [3.63, 3.8) is 0 Å². The summed E-state index contributed by atoms with van der Waals surface area (Å²) in [7, 11) is 3.03. The number of rotatable bonds is 9. The number of fused-ring (bicyclic) bond motifs is 1. The standard InChI is InChI=1S/C35H32N2O4.C2H6/c1-24-21-28(15-17-32(24)40-2)27-12-9-26(10-13-27)23-37(33(38)18-11-25-7-5-4-6-8-25)34-31-16-14-30(35(39)41-3)22-29(31)19-20-36-34;1-2/h4-10,12-17,19-22H,11,18,23H2,1-3H3;1-2H3. The first kappa shape index (κ1) is 31.0. The number of benzene rings is 4. The maximum Gasteiger partial charge on any atom is 0.337 e. The smallest absolute Gasteiger partial charge is 0.337 e. The van der Waals surface area contributed by atoms with Crippen LogP contribution in [0.3, 0.4) is 0 Å². The molecular formula is C37H38N2O4. The molecule has 0 spiro atoms. The minimum Gasteiger partial charge on any atom is -0.496 e. The fourth-order valence-corrected chi connectivity index (χ4v) is 4.98. The number of carbonyl (C=O) groups is 2. The van der Waals surface area contributed by atoms with Crippen LogP contribution < -0.4 is 9.64 Å². The Morgan fingerprint density at radius 2 is 1.51 bits per heavy atom. The number of aromatic nitrogens is 1. The van der Waals surface area contributed by atoms with E-state index in [2.05, 4.69) is 23.2 Å². The van der Waals surface area contributed by atoms with E-state index in [0.29, 0.717) is 30.8 Å². The Bertz CT molecular complexity index is 1680. The summed E-state index contributed by atoms with van der Waals surface area (Å²) in [4.78, 5) is 32.3. The molecule has 0 aliphatic carbocycles. The van der Waals surface area contributed by atoms with Gasteiger partial charge in [-0.05, 0) is 82.9 Å². The SMILES string of the molecule is CC.COC(=O)c1ccc2c(N(Cc3ccc(-c4ccc(OC)c(C)c4)cc3)C(=O)CCc3ccccc3)nccc2c1. The van der Waals surface area contributed by atoms with Gasteiger partial charge in [0.15, 0.2) is 0 Å². The van der Waals surface area contributed by atoms with Gasteiger partial charge in [0.2, 0.25) is 5.91 Å². The fraction of sp³-hybridized carbons (Fsp3) is 0.216. The Hall–Kier alpha value is -4.97. The van der Waals surface area contributed by atoms with Crippen LogP contribution in [0.4, 0.5) is 5.82 Å². The van der Waals surface area contributed by atoms with Gasteiger partial charge in [0.1, 0.15) is 11.6 Å². The Labute approximate surface area is 253 Å². The van der Waals surface area contributed by atoms with E-state index < -0.39 is 5.97 Å². The summed E-state index contributed by atoms with van der Waals surface area (Å²) in [5.41, 5.74) is 5.79. The zero-order chi connectivity index (χ0) is 30.8. The molecule has 0 fully saturated rings. The number of anilines is 1. The number of amides is 1. The minimum absolute atomic E-state index is 0.0271. The number of ether oxygens (including phenoxy) is 2. The summed E-state index contributed by atoms with van der Waals surface area (Å²) in [6.45, 7) is 6.39. The first-order valence-electron chi connectivity index (χ1n) is 14.5. The maximum atomic E-state index is 13.8. The molecule has 0 atom stereocenters. The van der Waals surface area contributed by atoms with E-state index >= 15 is 0 Å². The number of pyridine rings is 1. The molecule has 5 aromatic rings. The topological polar surface area (TPSA) is 68.7 Å². The van der Waals surface area contributed by atoms with Crippen LogP contribution in [0.25, 0.3) is 21.9 Å². The Morgan fingerprint density at radius 3 is 2.19 bits per heavy atom. The number of hydrogen-bond donors (Lipinski definition) is 0. The molecule has 220 valence electrons. The average Bonchev–Trinajstić information content (AvgIpc) is 3.07. The van der Waals surface area contributed by atoms with Crippen molar-refractivity contribution in [3.05, 3.63) is 126 Å². The lowest BCUT2D eigenvalue weighted by Crippen LogP contribution is -2.31. The second-order valence-electron chi connectivity index (χ2n) is 9.91. The van der Waals surface area contributed by atoms with E-state index in [1.54, 1.807) is 30.3 Å². The van der Waals surface area contributed by atoms with Crippen molar-refractivity contribution in [1.29, 1.82) is 0 Å². The highest BCUT2D eigenvalue weighted by molar-refractivity contribution is 6.04. The van der Waals surface area contributed by atoms with Gasteiger partial charge >= 0.3 is 5.97 Å². The number of esters is 1. The van der Waals surface area contributed by atoms with E-state index in [1.165, 1.54) is 7.11 Å². The lowest BCUT2D eigenvalue weighted by Gasteiger charge is -2.24. The van der Waals surface area contributed by atoms with Gasteiger partial charge in [-0.2, -0.15) is 0 Å². The Kier molecular flexibility index (Phi) is 10.6. The van der Waals surface area contributed by atoms with Crippen LogP contribution in [-0.4, -0.2) is 31.1 Å². The lowest BCUT2D eigenvalue weighted by atomic mass is 10.0. The molecule has 43 heavy (non-hydrogen) atoms. The predicted molar refractivity (Wildman–Crippen MR) is 174 cm³/mol. The molecule has 1 aromatic heterocycles. The van der Waals surface area contributed by atoms with E-state index in [9.17, 15) is 9.59 Å².